The average molecular weight is 287 g/mol. The smallest absolute Gasteiger partial charge is 0.119 e. The van der Waals surface area contributed by atoms with E-state index in [1.54, 1.807) is 7.11 Å². The normalized spacial score (nSPS) is 32.5. The summed E-state index contributed by atoms with van der Waals surface area (Å²) < 4.78 is 5.37. The highest BCUT2D eigenvalue weighted by Crippen LogP contribution is 2.31. The van der Waals surface area contributed by atoms with Crippen LogP contribution < -0.4 is 10.1 Å². The van der Waals surface area contributed by atoms with Crippen LogP contribution in [0.1, 0.15) is 50.7 Å². The summed E-state index contributed by atoms with van der Waals surface area (Å²) in [4.78, 5) is 0. The fourth-order valence-electron chi connectivity index (χ4n) is 4.03. The van der Waals surface area contributed by atoms with Gasteiger partial charge in [-0.25, -0.2) is 0 Å². The molecule has 4 atom stereocenters. The van der Waals surface area contributed by atoms with Crippen LogP contribution in [0, 0.1) is 11.8 Å². The molecular weight excluding hydrogens is 258 g/mol. The predicted molar refractivity (Wildman–Crippen MR) is 87.9 cm³/mol. The monoisotopic (exact) mass is 287 g/mol. The second kappa shape index (κ2) is 6.39. The summed E-state index contributed by atoms with van der Waals surface area (Å²) in [5.74, 6) is 2.76. The molecule has 0 bridgehead atoms. The summed E-state index contributed by atoms with van der Waals surface area (Å²) in [6.45, 7) is 4.82. The van der Waals surface area contributed by atoms with Crippen LogP contribution in [-0.4, -0.2) is 19.2 Å². The summed E-state index contributed by atoms with van der Waals surface area (Å²) in [6.07, 6.45) is 7.73. The minimum absolute atomic E-state index is 0.648. The molecule has 2 aliphatic rings. The number of fused-ring (bicyclic) bond motifs is 1. The van der Waals surface area contributed by atoms with Crippen molar-refractivity contribution in [2.75, 3.05) is 7.11 Å². The highest BCUT2D eigenvalue weighted by atomic mass is 16.5. The number of hydrogen-bond donors (Lipinski definition) is 1. The van der Waals surface area contributed by atoms with Crippen molar-refractivity contribution in [2.45, 2.75) is 64.5 Å². The molecule has 1 fully saturated rings. The minimum Gasteiger partial charge on any atom is -0.497 e. The van der Waals surface area contributed by atoms with E-state index in [0.29, 0.717) is 6.04 Å². The van der Waals surface area contributed by atoms with Gasteiger partial charge in [0.05, 0.1) is 7.11 Å². The zero-order valence-electron chi connectivity index (χ0n) is 13.7. The molecule has 0 amide bonds. The number of rotatable bonds is 3. The molecule has 3 rings (SSSR count). The van der Waals surface area contributed by atoms with E-state index in [4.69, 9.17) is 4.74 Å². The second-order valence-electron chi connectivity index (χ2n) is 7.21. The molecule has 2 aliphatic carbocycles. The lowest BCUT2D eigenvalue weighted by atomic mass is 9.78. The van der Waals surface area contributed by atoms with Crippen molar-refractivity contribution in [2.24, 2.45) is 11.8 Å². The lowest BCUT2D eigenvalue weighted by molar-refractivity contribution is 0.211. The molecule has 0 aromatic heterocycles. The second-order valence-corrected chi connectivity index (χ2v) is 7.21. The molecule has 1 N–H and O–H groups in total. The first-order chi connectivity index (χ1) is 10.2. The largest absolute Gasteiger partial charge is 0.497 e. The maximum Gasteiger partial charge on any atom is 0.119 e. The highest BCUT2D eigenvalue weighted by Gasteiger charge is 2.27. The van der Waals surface area contributed by atoms with E-state index in [1.165, 1.54) is 43.2 Å². The third-order valence-corrected chi connectivity index (χ3v) is 5.71. The van der Waals surface area contributed by atoms with Gasteiger partial charge in [0.25, 0.3) is 0 Å². The zero-order valence-corrected chi connectivity index (χ0v) is 13.7. The lowest BCUT2D eigenvalue weighted by Gasteiger charge is -2.36. The molecule has 0 heterocycles. The van der Waals surface area contributed by atoms with Gasteiger partial charge >= 0.3 is 0 Å². The standard InChI is InChI=1S/C19H29NO/c1-13-4-7-17(10-14(13)2)20-18-8-5-15-6-9-19(21-3)12-16(15)11-18/h6,9,12-14,17-18,20H,4-5,7-8,10-11H2,1-3H3. The quantitative estimate of drug-likeness (QED) is 0.908. The van der Waals surface area contributed by atoms with E-state index in [1.807, 2.05) is 0 Å². The SMILES string of the molecule is COc1ccc2c(c1)CC(NC1CCC(C)C(C)C1)CC2. The number of methoxy groups -OCH3 is 1. The van der Waals surface area contributed by atoms with E-state index in [-0.39, 0.29) is 0 Å². The van der Waals surface area contributed by atoms with E-state index in [2.05, 4.69) is 37.4 Å². The van der Waals surface area contributed by atoms with Crippen LogP contribution in [0.25, 0.3) is 0 Å². The molecule has 0 spiro atoms. The molecule has 1 aromatic rings. The van der Waals surface area contributed by atoms with Crippen LogP contribution in [0.3, 0.4) is 0 Å². The van der Waals surface area contributed by atoms with Crippen LogP contribution in [-0.2, 0) is 12.8 Å². The van der Waals surface area contributed by atoms with E-state index < -0.39 is 0 Å². The maximum atomic E-state index is 5.37. The summed E-state index contributed by atoms with van der Waals surface area (Å²) in [5.41, 5.74) is 3.00. The molecule has 1 saturated carbocycles. The van der Waals surface area contributed by atoms with Crippen molar-refractivity contribution in [1.29, 1.82) is 0 Å². The van der Waals surface area contributed by atoms with Gasteiger partial charge in [-0.3, -0.25) is 0 Å². The predicted octanol–water partition coefficient (Wildman–Crippen LogP) is 3.97. The van der Waals surface area contributed by atoms with Gasteiger partial charge in [-0.15, -0.1) is 0 Å². The minimum atomic E-state index is 0.648. The van der Waals surface area contributed by atoms with Gasteiger partial charge < -0.3 is 10.1 Å². The van der Waals surface area contributed by atoms with Crippen molar-refractivity contribution in [1.82, 2.24) is 5.32 Å². The molecule has 2 nitrogen and oxygen atoms in total. The van der Waals surface area contributed by atoms with Crippen molar-refractivity contribution in [3.63, 3.8) is 0 Å². The fourth-order valence-corrected chi connectivity index (χ4v) is 4.03. The molecule has 1 aromatic carbocycles. The van der Waals surface area contributed by atoms with Crippen molar-refractivity contribution >= 4 is 0 Å². The van der Waals surface area contributed by atoms with Crippen LogP contribution >= 0.6 is 0 Å². The Balaban J connectivity index is 1.61. The molecule has 0 saturated heterocycles. The third kappa shape index (κ3) is 3.42. The average Bonchev–Trinajstić information content (AvgIpc) is 2.50. The van der Waals surface area contributed by atoms with Gasteiger partial charge in [0.15, 0.2) is 0 Å². The molecular formula is C19H29NO. The summed E-state index contributed by atoms with van der Waals surface area (Å²) >= 11 is 0. The molecule has 4 unspecified atom stereocenters. The third-order valence-electron chi connectivity index (χ3n) is 5.71. The first kappa shape index (κ1) is 14.9. The topological polar surface area (TPSA) is 21.3 Å². The van der Waals surface area contributed by atoms with Crippen molar-refractivity contribution in [3.8, 4) is 5.75 Å². The molecule has 2 heteroatoms. The summed E-state index contributed by atoms with van der Waals surface area (Å²) in [6, 6.07) is 7.95. The van der Waals surface area contributed by atoms with Crippen LogP contribution in [0.2, 0.25) is 0 Å². The Morgan fingerprint density at radius 2 is 1.86 bits per heavy atom. The number of nitrogens with one attached hydrogen (secondary N) is 1. The molecule has 21 heavy (non-hydrogen) atoms. The Bertz CT molecular complexity index is 484. The van der Waals surface area contributed by atoms with Gasteiger partial charge in [0.1, 0.15) is 5.75 Å². The molecule has 0 aliphatic heterocycles. The Morgan fingerprint density at radius 3 is 2.62 bits per heavy atom. The first-order valence-electron chi connectivity index (χ1n) is 8.57. The van der Waals surface area contributed by atoms with Gasteiger partial charge in [0, 0.05) is 12.1 Å². The zero-order chi connectivity index (χ0) is 14.8. The fraction of sp³-hybridized carbons (Fsp3) is 0.684. The molecule has 116 valence electrons. The van der Waals surface area contributed by atoms with Gasteiger partial charge in [-0.2, -0.15) is 0 Å². The highest BCUT2D eigenvalue weighted by molar-refractivity contribution is 5.37. The number of aryl methyl sites for hydroxylation is 1. The first-order valence-corrected chi connectivity index (χ1v) is 8.57. The van der Waals surface area contributed by atoms with Crippen molar-refractivity contribution in [3.05, 3.63) is 29.3 Å². The van der Waals surface area contributed by atoms with E-state index in [0.717, 1.165) is 30.0 Å². The van der Waals surface area contributed by atoms with E-state index in [9.17, 15) is 0 Å². The Hall–Kier alpha value is -1.02. The maximum absolute atomic E-state index is 5.37. The Morgan fingerprint density at radius 1 is 1.00 bits per heavy atom. The van der Waals surface area contributed by atoms with Crippen LogP contribution in [0.5, 0.6) is 5.75 Å². The van der Waals surface area contributed by atoms with Crippen molar-refractivity contribution < 1.29 is 4.74 Å². The van der Waals surface area contributed by atoms with Gasteiger partial charge in [0.2, 0.25) is 0 Å². The van der Waals surface area contributed by atoms with Gasteiger partial charge in [-0.1, -0.05) is 19.9 Å². The van der Waals surface area contributed by atoms with Crippen LogP contribution in [0.4, 0.5) is 0 Å². The Labute approximate surface area is 129 Å². The summed E-state index contributed by atoms with van der Waals surface area (Å²) in [5, 5.41) is 3.95. The number of benzene rings is 1. The number of ether oxygens (including phenoxy) is 1. The lowest BCUT2D eigenvalue weighted by Crippen LogP contribution is -2.44. The van der Waals surface area contributed by atoms with E-state index >= 15 is 0 Å². The molecule has 0 radical (unpaired) electrons. The number of hydrogen-bond acceptors (Lipinski definition) is 2. The van der Waals surface area contributed by atoms with Gasteiger partial charge in [-0.05, 0) is 73.6 Å². The van der Waals surface area contributed by atoms with Crippen LogP contribution in [0.15, 0.2) is 18.2 Å². The Kier molecular flexibility index (Phi) is 4.54. The summed E-state index contributed by atoms with van der Waals surface area (Å²) in [7, 11) is 1.75.